The Labute approximate surface area is 162 Å². The third-order valence-electron chi connectivity index (χ3n) is 5.47. The van der Waals surface area contributed by atoms with Gasteiger partial charge >= 0.3 is 0 Å². The first-order valence-corrected chi connectivity index (χ1v) is 9.92. The van der Waals surface area contributed by atoms with Crippen molar-refractivity contribution in [2.75, 3.05) is 20.3 Å². The summed E-state index contributed by atoms with van der Waals surface area (Å²) in [6.45, 7) is 3.21. The molecule has 7 heteroatoms. The van der Waals surface area contributed by atoms with Gasteiger partial charge < -0.3 is 24.9 Å². The van der Waals surface area contributed by atoms with E-state index in [9.17, 15) is 4.79 Å². The number of nitrogens with two attached hydrogens (primary N) is 1. The molecule has 2 aromatic rings. The number of aliphatic imine (C=N–C) groups is 1. The second-order valence-electron chi connectivity index (χ2n) is 6.80. The molecule has 2 unspecified atom stereocenters. The van der Waals surface area contributed by atoms with Gasteiger partial charge in [0.25, 0.3) is 0 Å². The van der Waals surface area contributed by atoms with Gasteiger partial charge in [-0.15, -0.1) is 11.3 Å². The Bertz CT molecular complexity index is 860. The molecule has 3 heterocycles. The van der Waals surface area contributed by atoms with Gasteiger partial charge in [-0.3, -0.25) is 0 Å². The van der Waals surface area contributed by atoms with Crippen LogP contribution in [-0.2, 0) is 25.6 Å². The highest BCUT2D eigenvalue weighted by molar-refractivity contribution is 7.10. The van der Waals surface area contributed by atoms with E-state index in [4.69, 9.17) is 20.2 Å². The van der Waals surface area contributed by atoms with Crippen molar-refractivity contribution in [3.63, 3.8) is 0 Å². The molecule has 0 bridgehead atoms. The average molecular weight is 385 g/mol. The van der Waals surface area contributed by atoms with Crippen LogP contribution >= 0.6 is 11.3 Å². The number of carbonyl (C=O) groups is 1. The van der Waals surface area contributed by atoms with E-state index in [0.717, 1.165) is 22.3 Å². The predicted molar refractivity (Wildman–Crippen MR) is 105 cm³/mol. The first-order chi connectivity index (χ1) is 13.1. The maximum Gasteiger partial charge on any atom is 0.204 e. The summed E-state index contributed by atoms with van der Waals surface area (Å²) >= 11 is 1.57. The van der Waals surface area contributed by atoms with Crippen LogP contribution in [0.5, 0.6) is 0 Å². The fourth-order valence-corrected chi connectivity index (χ4v) is 5.12. The summed E-state index contributed by atoms with van der Waals surface area (Å²) in [4.78, 5) is 19.6. The van der Waals surface area contributed by atoms with Crippen LogP contribution in [0.2, 0.25) is 0 Å². The van der Waals surface area contributed by atoms with E-state index < -0.39 is 17.4 Å². The van der Waals surface area contributed by atoms with Gasteiger partial charge in [-0.25, -0.2) is 4.99 Å². The Morgan fingerprint density at radius 2 is 2.00 bits per heavy atom. The molecule has 142 valence electrons. The molecule has 1 fully saturated rings. The van der Waals surface area contributed by atoms with Crippen molar-refractivity contribution in [1.29, 1.82) is 0 Å². The van der Waals surface area contributed by atoms with E-state index in [1.54, 1.807) is 23.3 Å². The molecular formula is C20H23N3O3S. The highest BCUT2D eigenvalue weighted by Crippen LogP contribution is 2.46. The number of carbonyl (C=O) groups excluding carboxylic acids is 1. The molecule has 2 atom stereocenters. The van der Waals surface area contributed by atoms with Crippen molar-refractivity contribution >= 4 is 23.6 Å². The molecule has 6 nitrogen and oxygen atoms in total. The normalized spacial score (nSPS) is 27.0. The number of rotatable bonds is 5. The molecule has 0 aliphatic carbocycles. The Hall–Kier alpha value is -2.22. The maximum absolute atomic E-state index is 12.1. The second-order valence-corrected chi connectivity index (χ2v) is 7.71. The lowest BCUT2D eigenvalue weighted by atomic mass is 9.79. The van der Waals surface area contributed by atoms with Gasteiger partial charge in [0.05, 0.1) is 18.1 Å². The number of hydrogen-bond acceptors (Lipinski definition) is 7. The number of benzene rings is 1. The van der Waals surface area contributed by atoms with Crippen molar-refractivity contribution in [2.45, 2.75) is 30.7 Å². The Morgan fingerprint density at radius 3 is 2.63 bits per heavy atom. The quantitative estimate of drug-likeness (QED) is 0.800. The van der Waals surface area contributed by atoms with Crippen LogP contribution in [0.15, 0.2) is 46.8 Å². The van der Waals surface area contributed by atoms with Crippen LogP contribution in [0.25, 0.3) is 0 Å². The molecular weight excluding hydrogens is 362 g/mol. The lowest BCUT2D eigenvalue weighted by Crippen LogP contribution is -2.46. The summed E-state index contributed by atoms with van der Waals surface area (Å²) in [5, 5.41) is 2.04. The van der Waals surface area contributed by atoms with Gasteiger partial charge in [-0.1, -0.05) is 37.3 Å². The zero-order valence-electron chi connectivity index (χ0n) is 15.4. The van der Waals surface area contributed by atoms with Crippen LogP contribution in [0, 0.1) is 0 Å². The van der Waals surface area contributed by atoms with E-state index in [1.807, 2.05) is 42.6 Å². The minimum Gasteiger partial charge on any atom is -0.370 e. The van der Waals surface area contributed by atoms with Gasteiger partial charge in [0.15, 0.2) is 5.96 Å². The fraction of sp³-hybridized carbons (Fsp3) is 0.400. The van der Waals surface area contributed by atoms with Crippen LogP contribution < -0.4 is 5.73 Å². The van der Waals surface area contributed by atoms with Crippen molar-refractivity contribution in [3.8, 4) is 0 Å². The number of guanidine groups is 1. The van der Waals surface area contributed by atoms with Crippen LogP contribution in [0.3, 0.4) is 0 Å². The Kier molecular flexibility index (Phi) is 4.53. The molecule has 4 rings (SSSR count). The smallest absolute Gasteiger partial charge is 0.204 e. The van der Waals surface area contributed by atoms with Gasteiger partial charge in [-0.2, -0.15) is 0 Å². The lowest BCUT2D eigenvalue weighted by Gasteiger charge is -2.32. The van der Waals surface area contributed by atoms with Gasteiger partial charge in [0.1, 0.15) is 17.9 Å². The SMILES string of the molecule is CCC1(c2cc(C3(c4ccccc4)N=C(N)N(C)C3C=O)cs2)OCCO1. The molecule has 2 aliphatic rings. The number of aldehydes is 1. The summed E-state index contributed by atoms with van der Waals surface area (Å²) in [6, 6.07) is 11.4. The monoisotopic (exact) mass is 385 g/mol. The van der Waals surface area contributed by atoms with Crippen molar-refractivity contribution in [3.05, 3.63) is 57.8 Å². The lowest BCUT2D eigenvalue weighted by molar-refractivity contribution is -0.164. The molecule has 0 radical (unpaired) electrons. The van der Waals surface area contributed by atoms with Crippen molar-refractivity contribution in [1.82, 2.24) is 4.90 Å². The molecule has 0 saturated carbocycles. The molecule has 1 saturated heterocycles. The minimum atomic E-state index is -0.885. The molecule has 1 aromatic heterocycles. The van der Waals surface area contributed by atoms with E-state index >= 15 is 0 Å². The topological polar surface area (TPSA) is 77.2 Å². The number of ether oxygens (including phenoxy) is 2. The third kappa shape index (κ3) is 2.61. The van der Waals surface area contributed by atoms with Crippen LogP contribution in [-0.4, -0.2) is 43.4 Å². The molecule has 2 aliphatic heterocycles. The zero-order chi connectivity index (χ0) is 19.1. The highest BCUT2D eigenvalue weighted by atomic mass is 32.1. The molecule has 27 heavy (non-hydrogen) atoms. The first-order valence-electron chi connectivity index (χ1n) is 9.04. The maximum atomic E-state index is 12.1. The second kappa shape index (κ2) is 6.74. The Balaban J connectivity index is 1.88. The van der Waals surface area contributed by atoms with E-state index in [1.165, 1.54) is 0 Å². The number of likely N-dealkylation sites (N-methyl/N-ethyl adjacent to an activating group) is 1. The fourth-order valence-electron chi connectivity index (χ4n) is 3.98. The van der Waals surface area contributed by atoms with Gasteiger partial charge in [-0.05, 0) is 22.6 Å². The minimum absolute atomic E-state index is 0.349. The zero-order valence-corrected chi connectivity index (χ0v) is 16.2. The first kappa shape index (κ1) is 18.2. The number of thiophene rings is 1. The van der Waals surface area contributed by atoms with Crippen LogP contribution in [0.1, 0.15) is 29.3 Å². The average Bonchev–Trinajstić information content (AvgIpc) is 3.42. The summed E-state index contributed by atoms with van der Waals surface area (Å²) in [7, 11) is 1.80. The summed E-state index contributed by atoms with van der Waals surface area (Å²) in [6.07, 6.45) is 1.64. The Morgan fingerprint density at radius 1 is 1.30 bits per heavy atom. The van der Waals surface area contributed by atoms with Gasteiger partial charge in [0, 0.05) is 13.5 Å². The summed E-state index contributed by atoms with van der Waals surface area (Å²) in [5.41, 5.74) is 7.11. The summed E-state index contributed by atoms with van der Waals surface area (Å²) in [5.74, 6) is -0.362. The van der Waals surface area contributed by atoms with E-state index in [2.05, 4.69) is 6.07 Å². The standard InChI is InChI=1S/C20H23N3O3S/c1-3-19(25-9-10-26-19)17-11-15(13-27-17)20(14-7-5-4-6-8-14)16(12-24)23(2)18(21)22-20/h4-8,11-13,16H,3,9-10H2,1-2H3,(H2,21,22). The predicted octanol–water partition coefficient (Wildman–Crippen LogP) is 2.43. The van der Waals surface area contributed by atoms with Crippen molar-refractivity contribution < 1.29 is 14.3 Å². The van der Waals surface area contributed by atoms with Crippen LogP contribution in [0.4, 0.5) is 0 Å². The van der Waals surface area contributed by atoms with Gasteiger partial charge in [0.2, 0.25) is 5.79 Å². The van der Waals surface area contributed by atoms with E-state index in [-0.39, 0.29) is 0 Å². The molecule has 1 aromatic carbocycles. The molecule has 0 amide bonds. The highest BCUT2D eigenvalue weighted by Gasteiger charge is 2.51. The molecule has 2 N–H and O–H groups in total. The largest absolute Gasteiger partial charge is 0.370 e. The van der Waals surface area contributed by atoms with E-state index in [0.29, 0.717) is 25.6 Å². The molecule has 0 spiro atoms. The third-order valence-corrected chi connectivity index (χ3v) is 6.53. The van der Waals surface area contributed by atoms with Crippen molar-refractivity contribution in [2.24, 2.45) is 10.7 Å². The summed E-state index contributed by atoms with van der Waals surface area (Å²) < 4.78 is 11.9. The number of hydrogen-bond donors (Lipinski definition) is 1. The number of nitrogens with zero attached hydrogens (tertiary/aromatic N) is 2.